The standard InChI is InChI=1S/C14H17F3N4O/c1-21-9-10(8-18-21)7-11-19-12(20-22-11)13(14(15,16)17)5-3-2-4-6-13/h8-9H,2-7H2,1H3. The summed E-state index contributed by atoms with van der Waals surface area (Å²) in [5.41, 5.74) is -1.13. The van der Waals surface area contributed by atoms with Crippen molar-refractivity contribution in [3.63, 3.8) is 0 Å². The van der Waals surface area contributed by atoms with Crippen molar-refractivity contribution in [1.29, 1.82) is 0 Å². The minimum Gasteiger partial charge on any atom is -0.339 e. The van der Waals surface area contributed by atoms with Gasteiger partial charge >= 0.3 is 6.18 Å². The number of hydrogen-bond donors (Lipinski definition) is 0. The van der Waals surface area contributed by atoms with Crippen molar-refractivity contribution in [3.05, 3.63) is 29.7 Å². The predicted octanol–water partition coefficient (Wildman–Crippen LogP) is 3.16. The smallest absolute Gasteiger partial charge is 0.339 e. The highest BCUT2D eigenvalue weighted by Crippen LogP contribution is 2.49. The minimum absolute atomic E-state index is 0.0301. The molecule has 22 heavy (non-hydrogen) atoms. The van der Waals surface area contributed by atoms with E-state index in [1.165, 1.54) is 0 Å². The molecule has 0 radical (unpaired) electrons. The van der Waals surface area contributed by atoms with Crippen molar-refractivity contribution in [2.24, 2.45) is 7.05 Å². The molecule has 1 fully saturated rings. The first kappa shape index (κ1) is 15.1. The molecule has 3 rings (SSSR count). The molecule has 8 heteroatoms. The van der Waals surface area contributed by atoms with Crippen LogP contribution in [0.3, 0.4) is 0 Å². The first-order valence-electron chi connectivity index (χ1n) is 7.28. The van der Waals surface area contributed by atoms with Gasteiger partial charge in [-0.1, -0.05) is 24.4 Å². The molecule has 2 aromatic rings. The number of halogens is 3. The van der Waals surface area contributed by atoms with Gasteiger partial charge in [-0.15, -0.1) is 0 Å². The second-order valence-electron chi connectivity index (χ2n) is 5.85. The zero-order valence-electron chi connectivity index (χ0n) is 12.2. The maximum Gasteiger partial charge on any atom is 0.401 e. The van der Waals surface area contributed by atoms with Crippen LogP contribution in [0.5, 0.6) is 0 Å². The number of nitrogens with zero attached hydrogens (tertiary/aromatic N) is 4. The molecular weight excluding hydrogens is 297 g/mol. The molecule has 0 unspecified atom stereocenters. The van der Waals surface area contributed by atoms with Crippen molar-refractivity contribution in [2.75, 3.05) is 0 Å². The lowest BCUT2D eigenvalue weighted by molar-refractivity contribution is -0.202. The predicted molar refractivity (Wildman–Crippen MR) is 71.1 cm³/mol. The van der Waals surface area contributed by atoms with Crippen LogP contribution in [0.25, 0.3) is 0 Å². The third kappa shape index (κ3) is 2.62. The molecule has 2 aromatic heterocycles. The topological polar surface area (TPSA) is 56.7 Å². The minimum atomic E-state index is -4.36. The van der Waals surface area contributed by atoms with Crippen LogP contribution in [0.4, 0.5) is 13.2 Å². The van der Waals surface area contributed by atoms with Crippen molar-refractivity contribution in [2.45, 2.75) is 50.1 Å². The summed E-state index contributed by atoms with van der Waals surface area (Å²) in [5, 5.41) is 7.66. The highest BCUT2D eigenvalue weighted by atomic mass is 19.4. The molecule has 0 aliphatic heterocycles. The van der Waals surface area contributed by atoms with E-state index < -0.39 is 11.6 Å². The van der Waals surface area contributed by atoms with E-state index in [1.54, 1.807) is 24.1 Å². The molecule has 0 aromatic carbocycles. The first-order valence-corrected chi connectivity index (χ1v) is 7.28. The van der Waals surface area contributed by atoms with Crippen molar-refractivity contribution < 1.29 is 17.7 Å². The Morgan fingerprint density at radius 3 is 2.59 bits per heavy atom. The van der Waals surface area contributed by atoms with E-state index in [0.29, 0.717) is 12.8 Å². The Hall–Kier alpha value is -1.86. The summed E-state index contributed by atoms with van der Waals surface area (Å²) >= 11 is 0. The van der Waals surface area contributed by atoms with E-state index in [-0.39, 0.29) is 31.0 Å². The van der Waals surface area contributed by atoms with Crippen LogP contribution in [-0.4, -0.2) is 26.1 Å². The van der Waals surface area contributed by atoms with Gasteiger partial charge in [-0.2, -0.15) is 23.3 Å². The highest BCUT2D eigenvalue weighted by molar-refractivity contribution is 5.15. The van der Waals surface area contributed by atoms with Crippen LogP contribution < -0.4 is 0 Å². The van der Waals surface area contributed by atoms with Crippen LogP contribution in [0.2, 0.25) is 0 Å². The van der Waals surface area contributed by atoms with E-state index in [0.717, 1.165) is 12.0 Å². The average molecular weight is 314 g/mol. The van der Waals surface area contributed by atoms with Gasteiger partial charge < -0.3 is 4.52 Å². The number of hydrogen-bond acceptors (Lipinski definition) is 4. The molecule has 0 spiro atoms. The Bertz CT molecular complexity index is 641. The Kier molecular flexibility index (Phi) is 3.70. The third-order valence-electron chi connectivity index (χ3n) is 4.26. The van der Waals surface area contributed by atoms with Gasteiger partial charge in [-0.3, -0.25) is 4.68 Å². The van der Waals surface area contributed by atoms with Crippen molar-refractivity contribution >= 4 is 0 Å². The molecular formula is C14H17F3N4O. The van der Waals surface area contributed by atoms with Gasteiger partial charge in [0.1, 0.15) is 5.41 Å². The van der Waals surface area contributed by atoms with Gasteiger partial charge in [0.15, 0.2) is 5.82 Å². The second-order valence-corrected chi connectivity index (χ2v) is 5.85. The molecule has 1 saturated carbocycles. The fourth-order valence-corrected chi connectivity index (χ4v) is 3.05. The lowest BCUT2D eigenvalue weighted by atomic mass is 9.73. The maximum absolute atomic E-state index is 13.6. The van der Waals surface area contributed by atoms with Crippen molar-refractivity contribution in [3.8, 4) is 0 Å². The molecule has 120 valence electrons. The quantitative estimate of drug-likeness (QED) is 0.873. The summed E-state index contributed by atoms with van der Waals surface area (Å²) in [5.74, 6) is -0.0317. The van der Waals surface area contributed by atoms with E-state index in [4.69, 9.17) is 4.52 Å². The second kappa shape index (κ2) is 5.40. The van der Waals surface area contributed by atoms with Crippen LogP contribution in [0, 0.1) is 0 Å². The van der Waals surface area contributed by atoms with Crippen molar-refractivity contribution in [1.82, 2.24) is 19.9 Å². The Labute approximate surface area is 125 Å². The molecule has 1 aliphatic rings. The van der Waals surface area contributed by atoms with Crippen LogP contribution in [0.15, 0.2) is 16.9 Å². The SMILES string of the molecule is Cn1cc(Cc2nc(C3(C(F)(F)F)CCCCC3)no2)cn1. The molecule has 5 nitrogen and oxygen atoms in total. The van der Waals surface area contributed by atoms with E-state index in [1.807, 2.05) is 0 Å². The zero-order valence-corrected chi connectivity index (χ0v) is 12.2. The Morgan fingerprint density at radius 2 is 2.00 bits per heavy atom. The van der Waals surface area contributed by atoms with E-state index in [9.17, 15) is 13.2 Å². The summed E-state index contributed by atoms with van der Waals surface area (Å²) in [7, 11) is 1.77. The fraction of sp³-hybridized carbons (Fsp3) is 0.643. The zero-order chi connectivity index (χ0) is 15.8. The third-order valence-corrected chi connectivity index (χ3v) is 4.26. The normalized spacial score (nSPS) is 18.5. The summed E-state index contributed by atoms with van der Waals surface area (Å²) in [6.45, 7) is 0. The van der Waals surface area contributed by atoms with E-state index in [2.05, 4.69) is 15.2 Å². The largest absolute Gasteiger partial charge is 0.401 e. The first-order chi connectivity index (χ1) is 10.4. The summed E-state index contributed by atoms with van der Waals surface area (Å²) < 4.78 is 47.4. The van der Waals surface area contributed by atoms with Gasteiger partial charge in [0.05, 0.1) is 12.6 Å². The molecule has 0 amide bonds. The van der Waals surface area contributed by atoms with Crippen LogP contribution in [-0.2, 0) is 18.9 Å². The Morgan fingerprint density at radius 1 is 1.27 bits per heavy atom. The molecule has 2 heterocycles. The van der Waals surface area contributed by atoms with Gasteiger partial charge in [0.2, 0.25) is 5.89 Å². The molecule has 0 bridgehead atoms. The lowest BCUT2D eigenvalue weighted by Crippen LogP contribution is -2.44. The summed E-state index contributed by atoms with van der Waals surface area (Å²) in [6, 6.07) is 0. The fourth-order valence-electron chi connectivity index (χ4n) is 3.05. The molecule has 1 aliphatic carbocycles. The van der Waals surface area contributed by atoms with Crippen LogP contribution >= 0.6 is 0 Å². The molecule has 0 N–H and O–H groups in total. The molecule has 0 saturated heterocycles. The maximum atomic E-state index is 13.6. The van der Waals surface area contributed by atoms with Gasteiger partial charge in [-0.05, 0) is 18.4 Å². The number of aryl methyl sites for hydroxylation is 1. The molecule has 0 atom stereocenters. The monoisotopic (exact) mass is 314 g/mol. The number of alkyl halides is 3. The highest BCUT2D eigenvalue weighted by Gasteiger charge is 2.58. The lowest BCUT2D eigenvalue weighted by Gasteiger charge is -2.35. The average Bonchev–Trinajstić information content (AvgIpc) is 3.08. The Balaban J connectivity index is 1.87. The van der Waals surface area contributed by atoms with Gasteiger partial charge in [-0.25, -0.2) is 0 Å². The number of aromatic nitrogens is 4. The van der Waals surface area contributed by atoms with E-state index >= 15 is 0 Å². The summed E-state index contributed by atoms with van der Waals surface area (Å²) in [4.78, 5) is 4.04. The number of rotatable bonds is 3. The summed E-state index contributed by atoms with van der Waals surface area (Å²) in [6.07, 6.45) is 1.27. The van der Waals surface area contributed by atoms with Gasteiger partial charge in [0.25, 0.3) is 0 Å². The van der Waals surface area contributed by atoms with Gasteiger partial charge in [0, 0.05) is 13.2 Å². The van der Waals surface area contributed by atoms with Crippen LogP contribution in [0.1, 0.15) is 49.4 Å².